The second-order valence-corrected chi connectivity index (χ2v) is 2.18. The van der Waals surface area contributed by atoms with Crippen LogP contribution in [0.1, 0.15) is 6.92 Å². The van der Waals surface area contributed by atoms with Crippen molar-refractivity contribution in [3.05, 3.63) is 0 Å². The second-order valence-electron chi connectivity index (χ2n) is 2.18. The van der Waals surface area contributed by atoms with Crippen molar-refractivity contribution < 1.29 is 4.39 Å². The van der Waals surface area contributed by atoms with Gasteiger partial charge in [0.2, 0.25) is 0 Å². The van der Waals surface area contributed by atoms with E-state index in [0.29, 0.717) is 0 Å². The van der Waals surface area contributed by atoms with Crippen LogP contribution in [0.4, 0.5) is 4.39 Å². The summed E-state index contributed by atoms with van der Waals surface area (Å²) in [4.78, 5) is 0. The van der Waals surface area contributed by atoms with Crippen LogP contribution in [-0.2, 0) is 0 Å². The third-order valence-electron chi connectivity index (χ3n) is 1.45. The van der Waals surface area contributed by atoms with Crippen molar-refractivity contribution in [1.82, 2.24) is 5.01 Å². The van der Waals surface area contributed by atoms with Gasteiger partial charge in [0.25, 0.3) is 0 Å². The molecule has 0 amide bonds. The number of alkyl halides is 1. The van der Waals surface area contributed by atoms with E-state index in [1.807, 2.05) is 11.9 Å². The first-order chi connectivity index (χ1) is 4.36. The molecule has 1 atom stereocenters. The van der Waals surface area contributed by atoms with Crippen LogP contribution in [0.2, 0.25) is 0 Å². The highest BCUT2D eigenvalue weighted by Gasteiger charge is 2.14. The minimum Gasteiger partial charge on any atom is -0.297 e. The lowest BCUT2D eigenvalue weighted by molar-refractivity contribution is 0.290. The molecule has 0 aromatic rings. The van der Waals surface area contributed by atoms with E-state index in [1.54, 1.807) is 6.21 Å². The average molecular weight is 130 g/mol. The van der Waals surface area contributed by atoms with Gasteiger partial charge >= 0.3 is 0 Å². The molecule has 2 nitrogen and oxygen atoms in total. The zero-order valence-corrected chi connectivity index (χ0v) is 5.55. The maximum atomic E-state index is 11.9. The minimum atomic E-state index is -0.278. The third-order valence-corrected chi connectivity index (χ3v) is 1.45. The van der Waals surface area contributed by atoms with Crippen molar-refractivity contribution in [2.75, 3.05) is 19.8 Å². The van der Waals surface area contributed by atoms with E-state index in [4.69, 9.17) is 0 Å². The molecule has 1 heterocycles. The van der Waals surface area contributed by atoms with Crippen LogP contribution in [-0.4, -0.2) is 31.0 Å². The topological polar surface area (TPSA) is 15.6 Å². The summed E-state index contributed by atoms with van der Waals surface area (Å²) in [6.45, 7) is 3.37. The smallest absolute Gasteiger partial charge is 0.0990 e. The second kappa shape index (κ2) is 2.80. The Balaban J connectivity index is 2.31. The van der Waals surface area contributed by atoms with Gasteiger partial charge in [0, 0.05) is 25.2 Å². The first-order valence-corrected chi connectivity index (χ1v) is 3.21. The highest BCUT2D eigenvalue weighted by atomic mass is 19.1. The van der Waals surface area contributed by atoms with Crippen molar-refractivity contribution in [2.24, 2.45) is 11.0 Å². The molecule has 52 valence electrons. The van der Waals surface area contributed by atoms with Gasteiger partial charge in [-0.25, -0.2) is 0 Å². The molecule has 0 fully saturated rings. The fraction of sp³-hybridized carbons (Fsp3) is 0.833. The molecule has 0 aliphatic carbocycles. The minimum absolute atomic E-state index is 0.0462. The van der Waals surface area contributed by atoms with Crippen molar-refractivity contribution in [1.29, 1.82) is 0 Å². The Kier molecular flexibility index (Phi) is 2.03. The predicted octanol–water partition coefficient (Wildman–Crippen LogP) is 0.893. The van der Waals surface area contributed by atoms with Crippen LogP contribution < -0.4 is 0 Å². The average Bonchev–Trinajstić information content (AvgIpc) is 2.34. The van der Waals surface area contributed by atoms with Gasteiger partial charge in [0.1, 0.15) is 0 Å². The molecule has 9 heavy (non-hydrogen) atoms. The maximum Gasteiger partial charge on any atom is 0.0990 e. The number of hydrogen-bond acceptors (Lipinski definition) is 2. The van der Waals surface area contributed by atoms with Gasteiger partial charge in [-0.2, -0.15) is 5.10 Å². The molecule has 1 rings (SSSR count). The van der Waals surface area contributed by atoms with Crippen molar-refractivity contribution in [3.63, 3.8) is 0 Å². The summed E-state index contributed by atoms with van der Waals surface area (Å²) >= 11 is 0. The number of hydrazone groups is 1. The van der Waals surface area contributed by atoms with Gasteiger partial charge in [-0.1, -0.05) is 0 Å². The molecule has 0 N–H and O–H groups in total. The monoisotopic (exact) mass is 130 g/mol. The zero-order valence-electron chi connectivity index (χ0n) is 5.55. The standard InChI is InChI=1S/C6H11FN2/c1-2-9-5-6(3-7)4-8-9/h4,6H,2-3,5H2,1H3. The molecule has 0 aromatic heterocycles. The van der Waals surface area contributed by atoms with Crippen LogP contribution in [0.25, 0.3) is 0 Å². The molecule has 0 bridgehead atoms. The number of hydrogen-bond donors (Lipinski definition) is 0. The van der Waals surface area contributed by atoms with Crippen LogP contribution in [0.15, 0.2) is 5.10 Å². The van der Waals surface area contributed by atoms with Crippen molar-refractivity contribution in [3.8, 4) is 0 Å². The molecule has 0 spiro atoms. The molecule has 0 saturated carbocycles. The largest absolute Gasteiger partial charge is 0.297 e. The third kappa shape index (κ3) is 1.40. The molecule has 1 aliphatic heterocycles. The Morgan fingerprint density at radius 1 is 1.89 bits per heavy atom. The SMILES string of the molecule is CCN1CC(CF)C=N1. The van der Waals surface area contributed by atoms with Gasteiger partial charge < -0.3 is 0 Å². The van der Waals surface area contributed by atoms with Crippen LogP contribution in [0.5, 0.6) is 0 Å². The summed E-state index contributed by atoms with van der Waals surface area (Å²) in [6.07, 6.45) is 1.68. The Bertz CT molecular complexity index is 102. The lowest BCUT2D eigenvalue weighted by Crippen LogP contribution is -2.18. The molecule has 1 aliphatic rings. The summed E-state index contributed by atoms with van der Waals surface area (Å²) in [7, 11) is 0. The fourth-order valence-corrected chi connectivity index (χ4v) is 0.853. The number of rotatable bonds is 2. The molecular weight excluding hydrogens is 119 g/mol. The first-order valence-electron chi connectivity index (χ1n) is 3.21. The fourth-order valence-electron chi connectivity index (χ4n) is 0.853. The van der Waals surface area contributed by atoms with Gasteiger partial charge in [0.05, 0.1) is 6.67 Å². The maximum absolute atomic E-state index is 11.9. The Hall–Kier alpha value is -0.600. The summed E-state index contributed by atoms with van der Waals surface area (Å²) in [5.74, 6) is 0.0462. The van der Waals surface area contributed by atoms with Crippen molar-refractivity contribution in [2.45, 2.75) is 6.92 Å². The summed E-state index contributed by atoms with van der Waals surface area (Å²) < 4.78 is 11.9. The summed E-state index contributed by atoms with van der Waals surface area (Å²) in [5.41, 5.74) is 0. The predicted molar refractivity (Wildman–Crippen MR) is 35.2 cm³/mol. The molecular formula is C6H11FN2. The zero-order chi connectivity index (χ0) is 6.69. The van der Waals surface area contributed by atoms with Crippen LogP contribution in [0, 0.1) is 5.92 Å². The summed E-state index contributed by atoms with van der Waals surface area (Å²) in [5, 5.41) is 5.84. The number of nitrogens with zero attached hydrogens (tertiary/aromatic N) is 2. The van der Waals surface area contributed by atoms with Crippen molar-refractivity contribution >= 4 is 6.21 Å². The molecule has 0 radical (unpaired) electrons. The van der Waals surface area contributed by atoms with E-state index in [2.05, 4.69) is 5.10 Å². The van der Waals surface area contributed by atoms with Gasteiger partial charge in [-0.3, -0.25) is 9.40 Å². The first kappa shape index (κ1) is 6.52. The quantitative estimate of drug-likeness (QED) is 0.542. The Morgan fingerprint density at radius 2 is 2.67 bits per heavy atom. The molecule has 0 aromatic carbocycles. The van der Waals surface area contributed by atoms with Crippen LogP contribution >= 0.6 is 0 Å². The normalized spacial score (nSPS) is 25.6. The van der Waals surface area contributed by atoms with E-state index < -0.39 is 0 Å². The summed E-state index contributed by atoms with van der Waals surface area (Å²) in [6, 6.07) is 0. The van der Waals surface area contributed by atoms with Gasteiger partial charge in [-0.15, -0.1) is 0 Å². The van der Waals surface area contributed by atoms with Gasteiger partial charge in [-0.05, 0) is 6.92 Å². The van der Waals surface area contributed by atoms with Crippen LogP contribution in [0.3, 0.4) is 0 Å². The lowest BCUT2D eigenvalue weighted by Gasteiger charge is -2.10. The van der Waals surface area contributed by atoms with E-state index in [-0.39, 0.29) is 12.6 Å². The number of halogens is 1. The van der Waals surface area contributed by atoms with E-state index >= 15 is 0 Å². The van der Waals surface area contributed by atoms with E-state index in [1.165, 1.54) is 0 Å². The lowest BCUT2D eigenvalue weighted by atomic mass is 10.2. The Morgan fingerprint density at radius 3 is 3.00 bits per heavy atom. The molecule has 1 unspecified atom stereocenters. The van der Waals surface area contributed by atoms with E-state index in [9.17, 15) is 4.39 Å². The Labute approximate surface area is 54.3 Å². The molecule has 3 heteroatoms. The highest BCUT2D eigenvalue weighted by Crippen LogP contribution is 2.06. The highest BCUT2D eigenvalue weighted by molar-refractivity contribution is 5.62. The molecule has 0 saturated heterocycles. The van der Waals surface area contributed by atoms with Gasteiger partial charge in [0.15, 0.2) is 0 Å². The van der Waals surface area contributed by atoms with E-state index in [0.717, 1.165) is 13.1 Å².